The summed E-state index contributed by atoms with van der Waals surface area (Å²) in [6.07, 6.45) is 0.793. The van der Waals surface area contributed by atoms with Gasteiger partial charge in [0.1, 0.15) is 6.07 Å². The molecule has 0 aliphatic heterocycles. The second-order valence-corrected chi connectivity index (χ2v) is 3.10. The third-order valence-electron chi connectivity index (χ3n) is 2.33. The smallest absolute Gasteiger partial charge is 0.166 e. The quantitative estimate of drug-likeness (QED) is 0.635. The van der Waals surface area contributed by atoms with Gasteiger partial charge in [-0.25, -0.2) is 0 Å². The fraction of sp³-hybridized carbons (Fsp3) is 0.0909. The molecule has 14 heavy (non-hydrogen) atoms. The Labute approximate surface area is 81.2 Å². The summed E-state index contributed by atoms with van der Waals surface area (Å²) in [4.78, 5) is 10.7. The Morgan fingerprint density at radius 2 is 2.29 bits per heavy atom. The molecule has 0 saturated carbocycles. The molecular weight excluding hydrogens is 176 g/mol. The van der Waals surface area contributed by atoms with Crippen LogP contribution in [-0.4, -0.2) is 10.9 Å². The van der Waals surface area contributed by atoms with Crippen LogP contribution < -0.4 is 0 Å². The molecule has 0 saturated heterocycles. The first-order valence-corrected chi connectivity index (χ1v) is 4.21. The highest BCUT2D eigenvalue weighted by Crippen LogP contribution is 2.20. The molecule has 0 spiro atoms. The minimum absolute atomic E-state index is 0.586. The number of rotatable bonds is 1. The fourth-order valence-corrected chi connectivity index (χ4v) is 1.64. The topological polar surface area (TPSA) is 45.8 Å². The van der Waals surface area contributed by atoms with Gasteiger partial charge in [0.05, 0.1) is 16.8 Å². The van der Waals surface area contributed by atoms with Gasteiger partial charge in [0.2, 0.25) is 0 Å². The van der Waals surface area contributed by atoms with Crippen LogP contribution in [0.3, 0.4) is 0 Å². The molecule has 0 unspecified atom stereocenters. The standard InChI is InChI=1S/C11H8N2O/c1-13-10(7-14)5-8-3-2-4-9(6-12)11(8)13/h2-5,7H,1H3. The molecule has 0 amide bonds. The molecule has 0 bridgehead atoms. The van der Waals surface area contributed by atoms with Crippen LogP contribution >= 0.6 is 0 Å². The number of hydrogen-bond acceptors (Lipinski definition) is 2. The molecular formula is C11H8N2O. The van der Waals surface area contributed by atoms with Crippen molar-refractivity contribution in [3.8, 4) is 6.07 Å². The molecule has 0 aliphatic carbocycles. The van der Waals surface area contributed by atoms with Crippen molar-refractivity contribution in [1.82, 2.24) is 4.57 Å². The molecule has 0 fully saturated rings. The number of para-hydroxylation sites is 1. The summed E-state index contributed by atoms with van der Waals surface area (Å²) in [7, 11) is 1.78. The lowest BCUT2D eigenvalue weighted by molar-refractivity contribution is 0.111. The van der Waals surface area contributed by atoms with Crippen LogP contribution in [0, 0.1) is 11.3 Å². The van der Waals surface area contributed by atoms with E-state index in [-0.39, 0.29) is 0 Å². The molecule has 3 nitrogen and oxygen atoms in total. The van der Waals surface area contributed by atoms with Crippen molar-refractivity contribution in [1.29, 1.82) is 5.26 Å². The molecule has 0 N–H and O–H groups in total. The van der Waals surface area contributed by atoms with E-state index in [0.717, 1.165) is 17.2 Å². The van der Waals surface area contributed by atoms with Crippen molar-refractivity contribution < 1.29 is 4.79 Å². The SMILES string of the molecule is Cn1c(C=O)cc2cccc(C#N)c21. The predicted octanol–water partition coefficient (Wildman–Crippen LogP) is 1.86. The molecule has 1 heterocycles. The number of aromatic nitrogens is 1. The Balaban J connectivity index is 2.94. The number of aryl methyl sites for hydroxylation is 1. The second-order valence-electron chi connectivity index (χ2n) is 3.10. The maximum absolute atomic E-state index is 10.7. The molecule has 1 aromatic carbocycles. The van der Waals surface area contributed by atoms with E-state index in [9.17, 15) is 4.79 Å². The van der Waals surface area contributed by atoms with E-state index in [1.54, 1.807) is 23.7 Å². The first-order valence-electron chi connectivity index (χ1n) is 4.21. The number of aldehydes is 1. The third-order valence-corrected chi connectivity index (χ3v) is 2.33. The summed E-state index contributed by atoms with van der Waals surface area (Å²) >= 11 is 0. The van der Waals surface area contributed by atoms with E-state index in [2.05, 4.69) is 6.07 Å². The van der Waals surface area contributed by atoms with Crippen molar-refractivity contribution in [2.75, 3.05) is 0 Å². The van der Waals surface area contributed by atoms with Gasteiger partial charge in [-0.15, -0.1) is 0 Å². The average Bonchev–Trinajstić information content (AvgIpc) is 2.55. The highest BCUT2D eigenvalue weighted by Gasteiger charge is 2.07. The van der Waals surface area contributed by atoms with E-state index in [0.29, 0.717) is 11.3 Å². The third kappa shape index (κ3) is 1.01. The van der Waals surface area contributed by atoms with Gasteiger partial charge in [0, 0.05) is 12.4 Å². The van der Waals surface area contributed by atoms with Gasteiger partial charge in [-0.2, -0.15) is 5.26 Å². The molecule has 2 aromatic rings. The first-order chi connectivity index (χ1) is 6.77. The molecule has 0 radical (unpaired) electrons. The van der Waals surface area contributed by atoms with Gasteiger partial charge in [0.15, 0.2) is 6.29 Å². The Bertz CT molecular complexity index is 546. The molecule has 68 valence electrons. The highest BCUT2D eigenvalue weighted by molar-refractivity contribution is 5.92. The number of hydrogen-bond donors (Lipinski definition) is 0. The van der Waals surface area contributed by atoms with Crippen molar-refractivity contribution in [2.24, 2.45) is 7.05 Å². The van der Waals surface area contributed by atoms with Crippen LogP contribution in [0.25, 0.3) is 10.9 Å². The monoisotopic (exact) mass is 184 g/mol. The van der Waals surface area contributed by atoms with Crippen LogP contribution in [0.4, 0.5) is 0 Å². The number of fused-ring (bicyclic) bond motifs is 1. The van der Waals surface area contributed by atoms with Crippen molar-refractivity contribution in [3.05, 3.63) is 35.5 Å². The van der Waals surface area contributed by atoms with Crippen molar-refractivity contribution in [3.63, 3.8) is 0 Å². The fourth-order valence-electron chi connectivity index (χ4n) is 1.64. The summed E-state index contributed by atoms with van der Waals surface area (Å²) in [6.45, 7) is 0. The molecule has 1 aromatic heterocycles. The van der Waals surface area contributed by atoms with Gasteiger partial charge in [-0.3, -0.25) is 4.79 Å². The number of carbonyl (C=O) groups is 1. The largest absolute Gasteiger partial charge is 0.340 e. The number of nitriles is 1. The zero-order valence-corrected chi connectivity index (χ0v) is 7.69. The van der Waals surface area contributed by atoms with E-state index in [1.807, 2.05) is 12.1 Å². The molecule has 2 rings (SSSR count). The molecule has 3 heteroatoms. The van der Waals surface area contributed by atoms with Crippen molar-refractivity contribution in [2.45, 2.75) is 0 Å². The summed E-state index contributed by atoms with van der Waals surface area (Å²) in [5.74, 6) is 0. The lowest BCUT2D eigenvalue weighted by Crippen LogP contribution is -1.94. The van der Waals surface area contributed by atoms with E-state index < -0.39 is 0 Å². The van der Waals surface area contributed by atoms with Gasteiger partial charge in [-0.05, 0) is 12.1 Å². The number of carbonyl (C=O) groups excluding carboxylic acids is 1. The van der Waals surface area contributed by atoms with E-state index in [4.69, 9.17) is 5.26 Å². The summed E-state index contributed by atoms with van der Waals surface area (Å²) < 4.78 is 1.74. The van der Waals surface area contributed by atoms with Crippen LogP contribution in [0.5, 0.6) is 0 Å². The van der Waals surface area contributed by atoms with Gasteiger partial charge in [0.25, 0.3) is 0 Å². The number of nitrogens with zero attached hydrogens (tertiary/aromatic N) is 2. The Morgan fingerprint density at radius 1 is 1.50 bits per heavy atom. The predicted molar refractivity (Wildman–Crippen MR) is 53.0 cm³/mol. The summed E-state index contributed by atoms with van der Waals surface area (Å²) in [5, 5.41) is 9.82. The normalized spacial score (nSPS) is 10.0. The zero-order valence-electron chi connectivity index (χ0n) is 7.69. The van der Waals surface area contributed by atoms with Gasteiger partial charge < -0.3 is 4.57 Å². The Hall–Kier alpha value is -2.08. The van der Waals surface area contributed by atoms with E-state index in [1.165, 1.54) is 0 Å². The van der Waals surface area contributed by atoms with Crippen LogP contribution in [0.2, 0.25) is 0 Å². The molecule has 0 aliphatic rings. The second kappa shape index (κ2) is 3.00. The Morgan fingerprint density at radius 3 is 2.93 bits per heavy atom. The average molecular weight is 184 g/mol. The highest BCUT2D eigenvalue weighted by atomic mass is 16.1. The minimum Gasteiger partial charge on any atom is -0.340 e. The van der Waals surface area contributed by atoms with Crippen LogP contribution in [-0.2, 0) is 7.05 Å². The lowest BCUT2D eigenvalue weighted by atomic mass is 10.1. The summed E-state index contributed by atoms with van der Waals surface area (Å²) in [5.41, 5.74) is 2.00. The lowest BCUT2D eigenvalue weighted by Gasteiger charge is -1.99. The van der Waals surface area contributed by atoms with Crippen molar-refractivity contribution >= 4 is 17.2 Å². The zero-order chi connectivity index (χ0) is 10.1. The maximum atomic E-state index is 10.7. The summed E-state index contributed by atoms with van der Waals surface area (Å²) in [6, 6.07) is 9.35. The van der Waals surface area contributed by atoms with Crippen LogP contribution in [0.15, 0.2) is 24.3 Å². The van der Waals surface area contributed by atoms with Gasteiger partial charge in [-0.1, -0.05) is 12.1 Å². The minimum atomic E-state index is 0.586. The first kappa shape index (κ1) is 8.52. The van der Waals surface area contributed by atoms with Gasteiger partial charge >= 0.3 is 0 Å². The number of benzene rings is 1. The molecule has 0 atom stereocenters. The Kier molecular flexibility index (Phi) is 1.83. The van der Waals surface area contributed by atoms with Crippen LogP contribution in [0.1, 0.15) is 16.1 Å². The van der Waals surface area contributed by atoms with E-state index >= 15 is 0 Å². The maximum Gasteiger partial charge on any atom is 0.166 e.